The van der Waals surface area contributed by atoms with E-state index in [1.807, 2.05) is 36.4 Å². The maximum absolute atomic E-state index is 9.92. The van der Waals surface area contributed by atoms with Crippen molar-refractivity contribution < 1.29 is 14.3 Å². The fraction of sp³-hybridized carbons (Fsp3) is 0.0870. The van der Waals surface area contributed by atoms with Gasteiger partial charge in [0.25, 0.3) is 0 Å². The molecule has 0 spiro atoms. The smallest absolute Gasteiger partial charge is 0.228 e. The maximum Gasteiger partial charge on any atom is 0.228 e. The molecule has 4 heterocycles. The molecule has 1 N–H and O–H groups in total. The molecule has 2 aromatic carbocycles. The van der Waals surface area contributed by atoms with Gasteiger partial charge in [-0.15, -0.1) is 5.10 Å². The van der Waals surface area contributed by atoms with Gasteiger partial charge >= 0.3 is 0 Å². The van der Waals surface area contributed by atoms with E-state index in [0.717, 1.165) is 22.5 Å². The molecule has 5 aromatic rings. The first-order valence-corrected chi connectivity index (χ1v) is 9.58. The van der Waals surface area contributed by atoms with Gasteiger partial charge in [-0.2, -0.15) is 0 Å². The van der Waals surface area contributed by atoms with E-state index in [1.165, 1.54) is 0 Å². The number of benzene rings is 2. The molecule has 6 rings (SSSR count). The lowest BCUT2D eigenvalue weighted by Gasteiger charge is -2.26. The molecule has 0 fully saturated rings. The van der Waals surface area contributed by atoms with Crippen LogP contribution in [0.15, 0.2) is 77.7 Å². The third-order valence-electron chi connectivity index (χ3n) is 5.27. The Bertz CT molecular complexity index is 1360. The number of hydrogen-bond acceptors (Lipinski definition) is 6. The number of hydrogen-bond donors (Lipinski definition) is 1. The molecule has 7 heteroatoms. The molecule has 0 amide bonds. The molecule has 1 unspecified atom stereocenters. The summed E-state index contributed by atoms with van der Waals surface area (Å²) in [5, 5.41) is 14.5. The number of nitrogens with zero attached hydrogens (tertiary/aromatic N) is 4. The summed E-state index contributed by atoms with van der Waals surface area (Å²) in [5.74, 6) is 2.28. The van der Waals surface area contributed by atoms with E-state index in [4.69, 9.17) is 14.1 Å². The Morgan fingerprint density at radius 1 is 1.03 bits per heavy atom. The average molecular weight is 396 g/mol. The van der Waals surface area contributed by atoms with Crippen molar-refractivity contribution in [3.8, 4) is 17.4 Å². The van der Waals surface area contributed by atoms with Crippen molar-refractivity contribution in [3.05, 3.63) is 102 Å². The third-order valence-corrected chi connectivity index (χ3v) is 5.27. The molecule has 1 atom stereocenters. The number of furan rings is 1. The van der Waals surface area contributed by atoms with Crippen LogP contribution in [-0.4, -0.2) is 24.7 Å². The topological polar surface area (TPSA) is 85.7 Å². The fourth-order valence-corrected chi connectivity index (χ4v) is 3.95. The van der Waals surface area contributed by atoms with Gasteiger partial charge in [-0.05, 0) is 23.8 Å². The van der Waals surface area contributed by atoms with Gasteiger partial charge in [-0.1, -0.05) is 36.4 Å². The highest BCUT2D eigenvalue weighted by Crippen LogP contribution is 2.48. The first kappa shape index (κ1) is 16.8. The second-order valence-corrected chi connectivity index (χ2v) is 7.19. The highest BCUT2D eigenvalue weighted by Gasteiger charge is 2.35. The van der Waals surface area contributed by atoms with E-state index in [-0.39, 0.29) is 11.7 Å². The molecule has 3 aromatic heterocycles. The zero-order valence-electron chi connectivity index (χ0n) is 15.8. The standard InChI is InChI=1S/C23H16N4O3/c28-15-8-9-16-18(12-15)30-23-21(20(16)17-7-4-10-29-17)22-25-19(26-27(22)13-24-23)11-14-5-2-1-3-6-14/h1-10,12-13,20,28H,11H2. The van der Waals surface area contributed by atoms with Crippen LogP contribution in [0.5, 0.6) is 17.4 Å². The van der Waals surface area contributed by atoms with Gasteiger partial charge in [0.15, 0.2) is 11.5 Å². The highest BCUT2D eigenvalue weighted by molar-refractivity contribution is 5.65. The second kappa shape index (κ2) is 6.45. The van der Waals surface area contributed by atoms with Gasteiger partial charge in [0.05, 0.1) is 17.7 Å². The number of rotatable bonds is 3. The van der Waals surface area contributed by atoms with Crippen LogP contribution in [-0.2, 0) is 6.42 Å². The molecule has 0 saturated heterocycles. The number of aromatic nitrogens is 4. The number of phenolic OH excluding ortho intramolecular Hbond substituents is 1. The Kier molecular flexibility index (Phi) is 3.61. The molecule has 146 valence electrons. The van der Waals surface area contributed by atoms with E-state index in [9.17, 15) is 5.11 Å². The number of ether oxygens (including phenoxy) is 1. The normalized spacial score (nSPS) is 14.9. The van der Waals surface area contributed by atoms with Crippen LogP contribution >= 0.6 is 0 Å². The lowest BCUT2D eigenvalue weighted by molar-refractivity contribution is 0.409. The van der Waals surface area contributed by atoms with Crippen molar-refractivity contribution in [2.75, 3.05) is 0 Å². The van der Waals surface area contributed by atoms with Crippen molar-refractivity contribution in [2.45, 2.75) is 12.3 Å². The Morgan fingerprint density at radius 3 is 2.77 bits per heavy atom. The number of aromatic hydroxyl groups is 1. The molecule has 7 nitrogen and oxygen atoms in total. The van der Waals surface area contributed by atoms with Crippen molar-refractivity contribution >= 4 is 5.65 Å². The molecule has 0 bridgehead atoms. The summed E-state index contributed by atoms with van der Waals surface area (Å²) in [7, 11) is 0. The van der Waals surface area contributed by atoms with Gasteiger partial charge in [0.2, 0.25) is 5.88 Å². The van der Waals surface area contributed by atoms with Gasteiger partial charge in [0.1, 0.15) is 23.6 Å². The minimum Gasteiger partial charge on any atom is -0.508 e. The summed E-state index contributed by atoms with van der Waals surface area (Å²) in [6.45, 7) is 0. The van der Waals surface area contributed by atoms with Crippen LogP contribution in [0.1, 0.15) is 34.2 Å². The molecule has 0 radical (unpaired) electrons. The Balaban J connectivity index is 1.54. The van der Waals surface area contributed by atoms with Crippen molar-refractivity contribution in [2.24, 2.45) is 0 Å². The summed E-state index contributed by atoms with van der Waals surface area (Å²) in [6, 6.07) is 18.9. The van der Waals surface area contributed by atoms with E-state index < -0.39 is 0 Å². The second-order valence-electron chi connectivity index (χ2n) is 7.19. The highest BCUT2D eigenvalue weighted by atomic mass is 16.5. The summed E-state index contributed by atoms with van der Waals surface area (Å²) in [4.78, 5) is 9.28. The van der Waals surface area contributed by atoms with Crippen LogP contribution in [0, 0.1) is 0 Å². The van der Waals surface area contributed by atoms with E-state index >= 15 is 0 Å². The van der Waals surface area contributed by atoms with Crippen LogP contribution in [0.25, 0.3) is 5.65 Å². The van der Waals surface area contributed by atoms with E-state index in [1.54, 1.807) is 29.2 Å². The lowest BCUT2D eigenvalue weighted by Crippen LogP contribution is -2.14. The molecule has 0 aliphatic carbocycles. The van der Waals surface area contributed by atoms with Crippen molar-refractivity contribution in [1.29, 1.82) is 0 Å². The van der Waals surface area contributed by atoms with Crippen LogP contribution in [0.4, 0.5) is 0 Å². The maximum atomic E-state index is 9.92. The minimum absolute atomic E-state index is 0.129. The van der Waals surface area contributed by atoms with Crippen molar-refractivity contribution in [1.82, 2.24) is 19.6 Å². The Hall–Kier alpha value is -4.13. The predicted molar refractivity (Wildman–Crippen MR) is 108 cm³/mol. The van der Waals surface area contributed by atoms with Gasteiger partial charge < -0.3 is 14.3 Å². The quantitative estimate of drug-likeness (QED) is 0.480. The molecular formula is C23H16N4O3. The summed E-state index contributed by atoms with van der Waals surface area (Å²) < 4.78 is 13.5. The lowest BCUT2D eigenvalue weighted by atomic mass is 9.87. The zero-order chi connectivity index (χ0) is 20.1. The number of fused-ring (bicyclic) bond motifs is 4. The SMILES string of the molecule is Oc1ccc2c(c1)Oc1ncn3nc(Cc4ccccc4)nc3c1C2c1ccco1. The van der Waals surface area contributed by atoms with Crippen LogP contribution < -0.4 is 4.74 Å². The summed E-state index contributed by atoms with van der Waals surface area (Å²) >= 11 is 0. The monoisotopic (exact) mass is 396 g/mol. The molecule has 1 aliphatic rings. The van der Waals surface area contributed by atoms with Gasteiger partial charge in [-0.25, -0.2) is 14.5 Å². The predicted octanol–water partition coefficient (Wildman–Crippen LogP) is 4.30. The molecular weight excluding hydrogens is 380 g/mol. The first-order valence-electron chi connectivity index (χ1n) is 9.58. The fourth-order valence-electron chi connectivity index (χ4n) is 3.95. The first-order chi connectivity index (χ1) is 14.8. The summed E-state index contributed by atoms with van der Waals surface area (Å²) in [5.41, 5.74) is 3.47. The number of phenols is 1. The zero-order valence-corrected chi connectivity index (χ0v) is 15.8. The van der Waals surface area contributed by atoms with E-state index in [2.05, 4.69) is 22.2 Å². The van der Waals surface area contributed by atoms with E-state index in [0.29, 0.717) is 29.5 Å². The third kappa shape index (κ3) is 2.63. The Labute approximate surface area is 171 Å². The van der Waals surface area contributed by atoms with Gasteiger partial charge in [-0.3, -0.25) is 0 Å². The van der Waals surface area contributed by atoms with Gasteiger partial charge in [0, 0.05) is 18.1 Å². The molecule has 0 saturated carbocycles. The Morgan fingerprint density at radius 2 is 1.93 bits per heavy atom. The average Bonchev–Trinajstić information content (AvgIpc) is 3.42. The van der Waals surface area contributed by atoms with Crippen molar-refractivity contribution in [3.63, 3.8) is 0 Å². The van der Waals surface area contributed by atoms with Crippen LogP contribution in [0.2, 0.25) is 0 Å². The largest absolute Gasteiger partial charge is 0.508 e. The summed E-state index contributed by atoms with van der Waals surface area (Å²) in [6.07, 6.45) is 3.86. The molecule has 30 heavy (non-hydrogen) atoms. The minimum atomic E-state index is -0.274. The molecule has 1 aliphatic heterocycles. The van der Waals surface area contributed by atoms with Crippen LogP contribution in [0.3, 0.4) is 0 Å².